The fourth-order valence-electron chi connectivity index (χ4n) is 2.96. The normalized spacial score (nSPS) is 14.7. The molecule has 1 aliphatic rings. The zero-order chi connectivity index (χ0) is 19.9. The summed E-state index contributed by atoms with van der Waals surface area (Å²) >= 11 is 0. The molecule has 1 fully saturated rings. The van der Waals surface area contributed by atoms with Gasteiger partial charge in [-0.25, -0.2) is 12.7 Å². The van der Waals surface area contributed by atoms with Crippen molar-refractivity contribution >= 4 is 21.6 Å². The Hall–Kier alpha value is -1.68. The summed E-state index contributed by atoms with van der Waals surface area (Å²) < 4.78 is 31.0. The average Bonchev–Trinajstić information content (AvgIpc) is 3.18. The van der Waals surface area contributed by atoms with Crippen molar-refractivity contribution in [2.45, 2.75) is 17.7 Å². The number of sulfonamides is 1. The van der Waals surface area contributed by atoms with E-state index in [9.17, 15) is 13.2 Å². The zero-order valence-electron chi connectivity index (χ0n) is 16.3. The lowest BCUT2D eigenvalue weighted by Crippen LogP contribution is -2.34. The fraction of sp³-hybridized carbons (Fsp3) is 0.611. The van der Waals surface area contributed by atoms with Gasteiger partial charge in [0.05, 0.1) is 17.1 Å². The number of benzene rings is 1. The second-order valence-corrected chi connectivity index (χ2v) is 8.81. The zero-order valence-corrected chi connectivity index (χ0v) is 17.1. The molecule has 1 aliphatic heterocycles. The maximum Gasteiger partial charge on any atom is 0.253 e. The summed E-state index contributed by atoms with van der Waals surface area (Å²) in [5.74, 6) is -0.263. The number of hydrogen-bond acceptors (Lipinski definition) is 6. The van der Waals surface area contributed by atoms with Gasteiger partial charge in [0, 0.05) is 59.6 Å². The summed E-state index contributed by atoms with van der Waals surface area (Å²) in [5, 5.41) is 6.03. The highest BCUT2D eigenvalue weighted by molar-refractivity contribution is 7.89. The molecule has 1 saturated heterocycles. The molecule has 152 valence electrons. The lowest BCUT2D eigenvalue weighted by molar-refractivity contribution is 0.0954. The number of rotatable bonds is 10. The van der Waals surface area contributed by atoms with Crippen LogP contribution in [0.5, 0.6) is 0 Å². The first-order chi connectivity index (χ1) is 12.9. The van der Waals surface area contributed by atoms with Crippen LogP contribution >= 0.6 is 0 Å². The third kappa shape index (κ3) is 5.65. The minimum Gasteiger partial charge on any atom is -0.383 e. The van der Waals surface area contributed by atoms with E-state index in [1.165, 1.54) is 20.2 Å². The van der Waals surface area contributed by atoms with E-state index in [1.54, 1.807) is 19.2 Å². The van der Waals surface area contributed by atoms with Crippen LogP contribution in [0.1, 0.15) is 23.2 Å². The van der Waals surface area contributed by atoms with Gasteiger partial charge in [0.2, 0.25) is 10.0 Å². The number of amides is 1. The first-order valence-electron chi connectivity index (χ1n) is 9.17. The lowest BCUT2D eigenvalue weighted by Gasteiger charge is -2.22. The molecule has 0 spiro atoms. The minimum atomic E-state index is -3.60. The van der Waals surface area contributed by atoms with E-state index in [4.69, 9.17) is 4.74 Å². The molecule has 9 heteroatoms. The van der Waals surface area contributed by atoms with E-state index in [2.05, 4.69) is 15.5 Å². The molecule has 0 aromatic heterocycles. The van der Waals surface area contributed by atoms with Crippen LogP contribution in [0.2, 0.25) is 0 Å². The molecule has 0 bridgehead atoms. The second-order valence-electron chi connectivity index (χ2n) is 6.66. The quantitative estimate of drug-likeness (QED) is 0.558. The molecule has 1 amide bonds. The van der Waals surface area contributed by atoms with Crippen LogP contribution in [0.15, 0.2) is 23.1 Å². The second kappa shape index (κ2) is 10.0. The van der Waals surface area contributed by atoms with E-state index in [0.717, 1.165) is 35.9 Å². The molecule has 1 aromatic carbocycles. The molecule has 2 N–H and O–H groups in total. The van der Waals surface area contributed by atoms with Gasteiger partial charge in [-0.05, 0) is 31.0 Å². The van der Waals surface area contributed by atoms with Crippen molar-refractivity contribution in [1.82, 2.24) is 14.9 Å². The predicted octanol–water partition coefficient (Wildman–Crippen LogP) is 0.503. The number of methoxy groups -OCH3 is 1. The SMILES string of the molecule is COCCNCCNC(=O)c1cc(S(=O)(=O)N(C)C)ccc1N1CCCC1. The smallest absolute Gasteiger partial charge is 0.253 e. The van der Waals surface area contributed by atoms with Crippen LogP contribution in [0, 0.1) is 0 Å². The highest BCUT2D eigenvalue weighted by Gasteiger charge is 2.24. The molecular formula is C18H30N4O4S. The van der Waals surface area contributed by atoms with Gasteiger partial charge in [0.25, 0.3) is 5.91 Å². The van der Waals surface area contributed by atoms with E-state index in [1.807, 2.05) is 0 Å². The first kappa shape index (κ1) is 21.6. The Balaban J connectivity index is 2.18. The van der Waals surface area contributed by atoms with Crippen molar-refractivity contribution < 1.29 is 17.9 Å². The maximum absolute atomic E-state index is 12.8. The largest absolute Gasteiger partial charge is 0.383 e. The maximum atomic E-state index is 12.8. The van der Waals surface area contributed by atoms with Crippen LogP contribution in [0.3, 0.4) is 0 Å². The molecule has 27 heavy (non-hydrogen) atoms. The van der Waals surface area contributed by atoms with Crippen LogP contribution < -0.4 is 15.5 Å². The predicted molar refractivity (Wildman–Crippen MR) is 106 cm³/mol. The summed E-state index contributed by atoms with van der Waals surface area (Å²) in [4.78, 5) is 15.0. The number of anilines is 1. The van der Waals surface area contributed by atoms with Gasteiger partial charge in [-0.3, -0.25) is 4.79 Å². The van der Waals surface area contributed by atoms with E-state index < -0.39 is 10.0 Å². The van der Waals surface area contributed by atoms with Crippen molar-refractivity contribution in [3.63, 3.8) is 0 Å². The molecule has 8 nitrogen and oxygen atoms in total. The van der Waals surface area contributed by atoms with Crippen LogP contribution in [0.25, 0.3) is 0 Å². The molecule has 0 saturated carbocycles. The van der Waals surface area contributed by atoms with Gasteiger partial charge >= 0.3 is 0 Å². The van der Waals surface area contributed by atoms with Gasteiger partial charge in [0.15, 0.2) is 0 Å². The Labute approximate surface area is 161 Å². The molecule has 0 atom stereocenters. The number of carbonyl (C=O) groups is 1. The molecular weight excluding hydrogens is 368 g/mol. The summed E-state index contributed by atoms with van der Waals surface area (Å²) in [6.45, 7) is 4.13. The van der Waals surface area contributed by atoms with Crippen molar-refractivity contribution in [3.05, 3.63) is 23.8 Å². The average molecular weight is 399 g/mol. The van der Waals surface area contributed by atoms with Gasteiger partial charge in [-0.15, -0.1) is 0 Å². The molecule has 0 aliphatic carbocycles. The van der Waals surface area contributed by atoms with E-state index in [0.29, 0.717) is 31.8 Å². The number of carbonyl (C=O) groups excluding carboxylic acids is 1. The molecule has 0 radical (unpaired) electrons. The van der Waals surface area contributed by atoms with Crippen molar-refractivity contribution in [2.75, 3.05) is 65.4 Å². The van der Waals surface area contributed by atoms with Crippen LogP contribution in [0.4, 0.5) is 5.69 Å². The van der Waals surface area contributed by atoms with E-state index >= 15 is 0 Å². The molecule has 0 unspecified atom stereocenters. The minimum absolute atomic E-state index is 0.124. The van der Waals surface area contributed by atoms with Crippen LogP contribution in [-0.2, 0) is 14.8 Å². The van der Waals surface area contributed by atoms with Crippen LogP contribution in [-0.4, -0.2) is 79.2 Å². The van der Waals surface area contributed by atoms with Gasteiger partial charge in [-0.1, -0.05) is 0 Å². The highest BCUT2D eigenvalue weighted by atomic mass is 32.2. The Morgan fingerprint density at radius 1 is 1.19 bits per heavy atom. The lowest BCUT2D eigenvalue weighted by atomic mass is 10.1. The fourth-order valence-corrected chi connectivity index (χ4v) is 3.89. The topological polar surface area (TPSA) is 91.0 Å². The molecule has 2 rings (SSSR count). The van der Waals surface area contributed by atoms with Crippen molar-refractivity contribution in [1.29, 1.82) is 0 Å². The summed E-state index contributed by atoms with van der Waals surface area (Å²) in [5.41, 5.74) is 1.19. The summed E-state index contributed by atoms with van der Waals surface area (Å²) in [6.07, 6.45) is 2.14. The summed E-state index contributed by atoms with van der Waals surface area (Å²) in [7, 11) is 1.000. The Morgan fingerprint density at radius 2 is 1.89 bits per heavy atom. The number of hydrogen-bond donors (Lipinski definition) is 2. The van der Waals surface area contributed by atoms with Gasteiger partial charge < -0.3 is 20.3 Å². The first-order valence-corrected chi connectivity index (χ1v) is 10.6. The van der Waals surface area contributed by atoms with Gasteiger partial charge in [0.1, 0.15) is 0 Å². The van der Waals surface area contributed by atoms with E-state index in [-0.39, 0.29) is 10.8 Å². The third-order valence-corrected chi connectivity index (χ3v) is 6.32. The molecule has 1 heterocycles. The monoisotopic (exact) mass is 398 g/mol. The Kier molecular flexibility index (Phi) is 8.03. The highest BCUT2D eigenvalue weighted by Crippen LogP contribution is 2.28. The third-order valence-electron chi connectivity index (χ3n) is 4.51. The molecule has 1 aromatic rings. The standard InChI is InChI=1S/C18H30N4O4S/c1-21(2)27(24,25)15-6-7-17(22-11-4-5-12-22)16(14-15)18(23)20-9-8-19-10-13-26-3/h6-7,14,19H,4-5,8-13H2,1-3H3,(H,20,23). The number of nitrogens with one attached hydrogen (secondary N) is 2. The Bertz CT molecular complexity index is 731. The number of ether oxygens (including phenoxy) is 1. The summed E-state index contributed by atoms with van der Waals surface area (Å²) in [6, 6.07) is 4.80. The van der Waals surface area contributed by atoms with Gasteiger partial charge in [-0.2, -0.15) is 0 Å². The van der Waals surface area contributed by atoms with Crippen molar-refractivity contribution in [3.8, 4) is 0 Å². The Morgan fingerprint density at radius 3 is 2.52 bits per heavy atom. The number of nitrogens with zero attached hydrogens (tertiary/aromatic N) is 2. The van der Waals surface area contributed by atoms with Crippen molar-refractivity contribution in [2.24, 2.45) is 0 Å².